The lowest BCUT2D eigenvalue weighted by atomic mass is 10.5. The minimum absolute atomic E-state index is 0.183. The summed E-state index contributed by atoms with van der Waals surface area (Å²) in [6.07, 6.45) is -0.365. The Morgan fingerprint density at radius 2 is 1.14 bits per heavy atom. The summed E-state index contributed by atoms with van der Waals surface area (Å²) in [6.45, 7) is 6.90. The Hall–Kier alpha value is -1.14. The standard InChI is InChI=1S/C8H16N2O4/c1-5(2)13-9-7(11)8(12)10-14-6(3)4/h5-6H,1-4H3,(H,9,11)(H,10,12). The Morgan fingerprint density at radius 1 is 0.857 bits per heavy atom. The lowest BCUT2D eigenvalue weighted by molar-refractivity contribution is -0.157. The van der Waals surface area contributed by atoms with E-state index in [1.165, 1.54) is 0 Å². The molecule has 0 heterocycles. The number of rotatable bonds is 4. The van der Waals surface area contributed by atoms with Gasteiger partial charge in [-0.2, -0.15) is 0 Å². The van der Waals surface area contributed by atoms with Crippen LogP contribution in [0.5, 0.6) is 0 Å². The molecule has 6 nitrogen and oxygen atoms in total. The molecule has 0 fully saturated rings. The molecule has 0 aromatic rings. The van der Waals surface area contributed by atoms with Crippen LogP contribution in [0.25, 0.3) is 0 Å². The van der Waals surface area contributed by atoms with Crippen molar-refractivity contribution in [1.82, 2.24) is 11.0 Å². The zero-order chi connectivity index (χ0) is 11.1. The van der Waals surface area contributed by atoms with Crippen LogP contribution in [0.1, 0.15) is 27.7 Å². The van der Waals surface area contributed by atoms with E-state index in [0.29, 0.717) is 0 Å². The summed E-state index contributed by atoms with van der Waals surface area (Å²) in [6, 6.07) is 0. The maximum Gasteiger partial charge on any atom is 0.335 e. The molecule has 6 heteroatoms. The predicted octanol–water partition coefficient (Wildman–Crippen LogP) is -0.101. The average molecular weight is 204 g/mol. The van der Waals surface area contributed by atoms with E-state index in [4.69, 9.17) is 9.68 Å². The van der Waals surface area contributed by atoms with Crippen molar-refractivity contribution in [2.45, 2.75) is 39.9 Å². The van der Waals surface area contributed by atoms with Gasteiger partial charge in [-0.25, -0.2) is 11.0 Å². The van der Waals surface area contributed by atoms with Crippen LogP contribution >= 0.6 is 0 Å². The van der Waals surface area contributed by atoms with Crippen molar-refractivity contribution in [2.24, 2.45) is 0 Å². The summed E-state index contributed by atoms with van der Waals surface area (Å²) in [4.78, 5) is 31.3. The number of hydrogen-bond donors (Lipinski definition) is 2. The van der Waals surface area contributed by atoms with Gasteiger partial charge in [-0.3, -0.25) is 19.3 Å². The Balaban J connectivity index is 3.71. The van der Waals surface area contributed by atoms with Gasteiger partial charge in [0.2, 0.25) is 0 Å². The van der Waals surface area contributed by atoms with Gasteiger partial charge in [0, 0.05) is 0 Å². The quantitative estimate of drug-likeness (QED) is 0.495. The first-order valence-corrected chi connectivity index (χ1v) is 4.35. The Kier molecular flexibility index (Phi) is 5.82. The fraction of sp³-hybridized carbons (Fsp3) is 0.750. The molecule has 14 heavy (non-hydrogen) atoms. The minimum atomic E-state index is -0.889. The van der Waals surface area contributed by atoms with E-state index in [2.05, 4.69) is 0 Å². The van der Waals surface area contributed by atoms with Gasteiger partial charge in [0.15, 0.2) is 0 Å². The van der Waals surface area contributed by atoms with Gasteiger partial charge in [0.05, 0.1) is 12.2 Å². The molecule has 0 saturated heterocycles. The maximum atomic E-state index is 10.9. The van der Waals surface area contributed by atoms with Crippen LogP contribution in [-0.2, 0) is 19.3 Å². The van der Waals surface area contributed by atoms with Crippen LogP contribution in [0.2, 0.25) is 0 Å². The molecule has 0 aliphatic heterocycles. The summed E-state index contributed by atoms with van der Waals surface area (Å²) in [5.41, 5.74) is 3.95. The SMILES string of the molecule is CC(C)ONC(=O)C(=O)NOC(C)C. The van der Waals surface area contributed by atoms with Gasteiger partial charge in [-0.15, -0.1) is 0 Å². The number of hydroxylamine groups is 2. The number of nitrogens with one attached hydrogen (secondary N) is 2. The summed E-state index contributed by atoms with van der Waals surface area (Å²) in [5.74, 6) is -1.78. The monoisotopic (exact) mass is 204 g/mol. The molecule has 0 rings (SSSR count). The van der Waals surface area contributed by atoms with Gasteiger partial charge in [-0.1, -0.05) is 0 Å². The van der Waals surface area contributed by atoms with E-state index >= 15 is 0 Å². The minimum Gasteiger partial charge on any atom is -0.271 e. The van der Waals surface area contributed by atoms with E-state index in [0.717, 1.165) is 0 Å². The van der Waals surface area contributed by atoms with Gasteiger partial charge in [0.1, 0.15) is 0 Å². The Morgan fingerprint density at radius 3 is 1.36 bits per heavy atom. The van der Waals surface area contributed by atoms with Gasteiger partial charge < -0.3 is 0 Å². The van der Waals surface area contributed by atoms with Crippen molar-refractivity contribution in [3.63, 3.8) is 0 Å². The van der Waals surface area contributed by atoms with Crippen molar-refractivity contribution < 1.29 is 19.3 Å². The van der Waals surface area contributed by atoms with E-state index in [1.807, 2.05) is 11.0 Å². The molecule has 0 saturated carbocycles. The second kappa shape index (κ2) is 6.33. The van der Waals surface area contributed by atoms with Crippen molar-refractivity contribution in [1.29, 1.82) is 0 Å². The third-order valence-corrected chi connectivity index (χ3v) is 0.981. The lowest BCUT2D eigenvalue weighted by Crippen LogP contribution is -2.41. The molecule has 0 aromatic heterocycles. The lowest BCUT2D eigenvalue weighted by Gasteiger charge is -2.09. The molecular formula is C8H16N2O4. The highest BCUT2D eigenvalue weighted by molar-refractivity contribution is 6.34. The first-order chi connectivity index (χ1) is 6.43. The highest BCUT2D eigenvalue weighted by Gasteiger charge is 2.14. The molecule has 0 aromatic carbocycles. The fourth-order valence-corrected chi connectivity index (χ4v) is 0.435. The summed E-state index contributed by atoms with van der Waals surface area (Å²) in [7, 11) is 0. The molecule has 82 valence electrons. The maximum absolute atomic E-state index is 10.9. The van der Waals surface area contributed by atoms with E-state index in [9.17, 15) is 9.59 Å². The van der Waals surface area contributed by atoms with Crippen LogP contribution < -0.4 is 11.0 Å². The van der Waals surface area contributed by atoms with E-state index in [1.54, 1.807) is 27.7 Å². The molecule has 2 amide bonds. The smallest absolute Gasteiger partial charge is 0.271 e. The second-order valence-electron chi connectivity index (χ2n) is 3.20. The normalized spacial score (nSPS) is 10.4. The molecule has 0 aliphatic carbocycles. The number of hydrogen-bond acceptors (Lipinski definition) is 4. The fourth-order valence-electron chi connectivity index (χ4n) is 0.435. The van der Waals surface area contributed by atoms with Gasteiger partial charge in [0.25, 0.3) is 0 Å². The number of carbonyl (C=O) groups excluding carboxylic acids is 2. The molecule has 0 aliphatic rings. The van der Waals surface area contributed by atoms with Crippen molar-refractivity contribution >= 4 is 11.8 Å². The molecule has 0 radical (unpaired) electrons. The first-order valence-electron chi connectivity index (χ1n) is 4.35. The van der Waals surface area contributed by atoms with Crippen molar-refractivity contribution in [3.05, 3.63) is 0 Å². The zero-order valence-corrected chi connectivity index (χ0v) is 8.79. The number of amides is 2. The average Bonchev–Trinajstić information content (AvgIpc) is 2.09. The largest absolute Gasteiger partial charge is 0.335 e. The van der Waals surface area contributed by atoms with Crippen LogP contribution in [0.4, 0.5) is 0 Å². The molecule has 0 atom stereocenters. The third-order valence-electron chi connectivity index (χ3n) is 0.981. The highest BCUT2D eigenvalue weighted by Crippen LogP contribution is 1.84. The topological polar surface area (TPSA) is 76.7 Å². The van der Waals surface area contributed by atoms with Crippen LogP contribution in [-0.4, -0.2) is 24.0 Å². The summed E-state index contributed by atoms with van der Waals surface area (Å²) >= 11 is 0. The Bertz CT molecular complexity index is 182. The predicted molar refractivity (Wildman–Crippen MR) is 48.7 cm³/mol. The molecular weight excluding hydrogens is 188 g/mol. The molecule has 2 N–H and O–H groups in total. The first kappa shape index (κ1) is 12.9. The molecule has 0 bridgehead atoms. The van der Waals surface area contributed by atoms with Gasteiger partial charge in [-0.05, 0) is 27.7 Å². The summed E-state index contributed by atoms with van der Waals surface area (Å²) < 4.78 is 0. The second-order valence-corrected chi connectivity index (χ2v) is 3.20. The third kappa shape index (κ3) is 6.38. The highest BCUT2D eigenvalue weighted by atomic mass is 16.7. The van der Waals surface area contributed by atoms with E-state index in [-0.39, 0.29) is 12.2 Å². The van der Waals surface area contributed by atoms with Gasteiger partial charge >= 0.3 is 11.8 Å². The van der Waals surface area contributed by atoms with Crippen LogP contribution in [0.3, 0.4) is 0 Å². The van der Waals surface area contributed by atoms with Crippen LogP contribution in [0.15, 0.2) is 0 Å². The number of carbonyl (C=O) groups is 2. The molecule has 0 spiro atoms. The van der Waals surface area contributed by atoms with E-state index < -0.39 is 11.8 Å². The van der Waals surface area contributed by atoms with Crippen LogP contribution in [0, 0.1) is 0 Å². The van der Waals surface area contributed by atoms with Crippen molar-refractivity contribution in [3.8, 4) is 0 Å². The Labute approximate surface area is 82.9 Å². The summed E-state index contributed by atoms with van der Waals surface area (Å²) in [5, 5.41) is 0. The molecule has 0 unspecified atom stereocenters. The zero-order valence-electron chi connectivity index (χ0n) is 8.79. The van der Waals surface area contributed by atoms with Crippen molar-refractivity contribution in [2.75, 3.05) is 0 Å².